The van der Waals surface area contributed by atoms with Crippen molar-refractivity contribution in [1.29, 1.82) is 0 Å². The molecule has 0 spiro atoms. The maximum atomic E-state index is 10.6. The third-order valence-electron chi connectivity index (χ3n) is 3.82. The number of hydrazone groups is 1. The van der Waals surface area contributed by atoms with Crippen LogP contribution in [0, 0.1) is 5.92 Å². The van der Waals surface area contributed by atoms with Crippen molar-refractivity contribution in [3.05, 3.63) is 66.2 Å². The van der Waals surface area contributed by atoms with Gasteiger partial charge < -0.3 is 10.2 Å². The summed E-state index contributed by atoms with van der Waals surface area (Å²) in [5.41, 5.74) is 2.32. The summed E-state index contributed by atoms with van der Waals surface area (Å²) in [6.45, 7) is 1.84. The van der Waals surface area contributed by atoms with Crippen molar-refractivity contribution in [2.75, 3.05) is 5.01 Å². The molecule has 0 aromatic heterocycles. The van der Waals surface area contributed by atoms with Gasteiger partial charge in [0.15, 0.2) is 6.23 Å². The van der Waals surface area contributed by atoms with Crippen LogP contribution < -0.4 is 5.01 Å². The van der Waals surface area contributed by atoms with E-state index in [9.17, 15) is 10.2 Å². The first-order valence-electron chi connectivity index (χ1n) is 6.99. The summed E-state index contributed by atoms with van der Waals surface area (Å²) >= 11 is 0. The molecular weight excluding hydrogens is 264 g/mol. The third kappa shape index (κ3) is 2.55. The molecule has 0 aliphatic carbocycles. The van der Waals surface area contributed by atoms with Crippen molar-refractivity contribution in [2.45, 2.75) is 19.3 Å². The van der Waals surface area contributed by atoms with Gasteiger partial charge in [0.25, 0.3) is 0 Å². The average Bonchev–Trinajstić information content (AvgIpc) is 2.83. The molecule has 4 heteroatoms. The topological polar surface area (TPSA) is 56.1 Å². The lowest BCUT2D eigenvalue weighted by Crippen LogP contribution is -2.36. The molecule has 2 aromatic rings. The highest BCUT2D eigenvalue weighted by molar-refractivity contribution is 5.89. The van der Waals surface area contributed by atoms with E-state index in [2.05, 4.69) is 5.10 Å². The second-order valence-electron chi connectivity index (χ2n) is 5.22. The van der Waals surface area contributed by atoms with Crippen LogP contribution in [0.1, 0.15) is 18.6 Å². The molecule has 3 atom stereocenters. The molecule has 0 bridgehead atoms. The zero-order chi connectivity index (χ0) is 14.8. The molecule has 1 heterocycles. The van der Waals surface area contributed by atoms with Crippen LogP contribution in [-0.2, 0) is 0 Å². The van der Waals surface area contributed by atoms with Crippen LogP contribution in [0.4, 0.5) is 5.69 Å². The van der Waals surface area contributed by atoms with Gasteiger partial charge in [0, 0.05) is 5.71 Å². The van der Waals surface area contributed by atoms with E-state index in [1.54, 1.807) is 5.01 Å². The van der Waals surface area contributed by atoms with E-state index in [-0.39, 0.29) is 0 Å². The molecule has 0 saturated heterocycles. The molecule has 1 aliphatic heterocycles. The molecule has 1 aliphatic rings. The molecule has 3 unspecified atom stereocenters. The van der Waals surface area contributed by atoms with E-state index in [4.69, 9.17) is 0 Å². The number of nitrogens with zero attached hydrogens (tertiary/aromatic N) is 2. The Labute approximate surface area is 124 Å². The number of hydrogen-bond acceptors (Lipinski definition) is 4. The smallest absolute Gasteiger partial charge is 0.158 e. The Hall–Kier alpha value is -2.17. The van der Waals surface area contributed by atoms with Gasteiger partial charge in [-0.15, -0.1) is 0 Å². The maximum Gasteiger partial charge on any atom is 0.158 e. The number of aliphatic hydroxyl groups is 2. The molecule has 3 rings (SSSR count). The summed E-state index contributed by atoms with van der Waals surface area (Å²) in [6, 6.07) is 18.8. The van der Waals surface area contributed by atoms with Crippen LogP contribution in [0.2, 0.25) is 0 Å². The monoisotopic (exact) mass is 282 g/mol. The highest BCUT2D eigenvalue weighted by Crippen LogP contribution is 2.34. The van der Waals surface area contributed by atoms with E-state index in [0.29, 0.717) is 0 Å². The SMILES string of the molecule is CC1=NN(c2ccccc2)C(O)C1C(O)c1ccccc1. The van der Waals surface area contributed by atoms with Crippen molar-refractivity contribution < 1.29 is 10.2 Å². The number of rotatable bonds is 3. The van der Waals surface area contributed by atoms with E-state index < -0.39 is 18.2 Å². The Balaban J connectivity index is 1.87. The maximum absolute atomic E-state index is 10.6. The van der Waals surface area contributed by atoms with Crippen molar-refractivity contribution in [3.63, 3.8) is 0 Å². The first-order chi connectivity index (χ1) is 10.2. The number of para-hydroxylation sites is 1. The van der Waals surface area contributed by atoms with Crippen molar-refractivity contribution >= 4 is 11.4 Å². The summed E-state index contributed by atoms with van der Waals surface area (Å²) < 4.78 is 0. The lowest BCUT2D eigenvalue weighted by molar-refractivity contribution is 0.0528. The van der Waals surface area contributed by atoms with E-state index in [1.807, 2.05) is 67.6 Å². The quantitative estimate of drug-likeness (QED) is 0.909. The van der Waals surface area contributed by atoms with Crippen LogP contribution in [0.25, 0.3) is 0 Å². The summed E-state index contributed by atoms with van der Waals surface area (Å²) in [5, 5.41) is 27.1. The van der Waals surface area contributed by atoms with Gasteiger partial charge in [-0.25, -0.2) is 5.01 Å². The molecule has 0 amide bonds. The Morgan fingerprint density at radius 2 is 1.57 bits per heavy atom. The van der Waals surface area contributed by atoms with Crippen molar-refractivity contribution in [3.8, 4) is 0 Å². The number of anilines is 1. The largest absolute Gasteiger partial charge is 0.388 e. The highest BCUT2D eigenvalue weighted by Gasteiger charge is 2.39. The van der Waals surface area contributed by atoms with Crippen LogP contribution in [0.15, 0.2) is 65.8 Å². The average molecular weight is 282 g/mol. The fourth-order valence-corrected chi connectivity index (χ4v) is 2.70. The molecule has 108 valence electrons. The highest BCUT2D eigenvalue weighted by atomic mass is 16.3. The first-order valence-corrected chi connectivity index (χ1v) is 6.99. The molecular formula is C17H18N2O2. The van der Waals surface area contributed by atoms with Gasteiger partial charge in [-0.05, 0) is 24.6 Å². The van der Waals surface area contributed by atoms with Gasteiger partial charge in [0.2, 0.25) is 0 Å². The fraction of sp³-hybridized carbons (Fsp3) is 0.235. The molecule has 2 N–H and O–H groups in total. The van der Waals surface area contributed by atoms with Crippen molar-refractivity contribution in [2.24, 2.45) is 11.0 Å². The second-order valence-corrected chi connectivity index (χ2v) is 5.22. The number of aliphatic hydroxyl groups excluding tert-OH is 2. The molecule has 4 nitrogen and oxygen atoms in total. The van der Waals surface area contributed by atoms with E-state index in [1.165, 1.54) is 0 Å². The fourth-order valence-electron chi connectivity index (χ4n) is 2.70. The van der Waals surface area contributed by atoms with Gasteiger partial charge in [-0.2, -0.15) is 5.10 Å². The van der Waals surface area contributed by atoms with Gasteiger partial charge in [-0.1, -0.05) is 48.5 Å². The van der Waals surface area contributed by atoms with Crippen LogP contribution >= 0.6 is 0 Å². The predicted molar refractivity (Wildman–Crippen MR) is 82.9 cm³/mol. The van der Waals surface area contributed by atoms with Gasteiger partial charge >= 0.3 is 0 Å². The zero-order valence-corrected chi connectivity index (χ0v) is 11.8. The van der Waals surface area contributed by atoms with Crippen molar-refractivity contribution in [1.82, 2.24) is 0 Å². The second kappa shape index (κ2) is 5.68. The Bertz CT molecular complexity index is 628. The number of benzene rings is 2. The minimum Gasteiger partial charge on any atom is -0.388 e. The molecule has 0 radical (unpaired) electrons. The first kappa shape index (κ1) is 13.8. The summed E-state index contributed by atoms with van der Waals surface area (Å²) in [5.74, 6) is -0.437. The van der Waals surface area contributed by atoms with Gasteiger partial charge in [-0.3, -0.25) is 0 Å². The lowest BCUT2D eigenvalue weighted by atomic mass is 9.91. The molecule has 21 heavy (non-hydrogen) atoms. The molecule has 0 saturated carbocycles. The summed E-state index contributed by atoms with van der Waals surface area (Å²) in [4.78, 5) is 0. The minimum absolute atomic E-state index is 0.437. The van der Waals surface area contributed by atoms with E-state index >= 15 is 0 Å². The van der Waals surface area contributed by atoms with E-state index in [0.717, 1.165) is 17.0 Å². The molecule has 2 aromatic carbocycles. The third-order valence-corrected chi connectivity index (χ3v) is 3.82. The van der Waals surface area contributed by atoms with Gasteiger partial charge in [0.05, 0.1) is 17.7 Å². The van der Waals surface area contributed by atoms with Crippen LogP contribution in [-0.4, -0.2) is 22.2 Å². The summed E-state index contributed by atoms with van der Waals surface area (Å²) in [7, 11) is 0. The van der Waals surface area contributed by atoms with Crippen LogP contribution in [0.3, 0.4) is 0 Å². The Kier molecular flexibility index (Phi) is 3.73. The predicted octanol–water partition coefficient (Wildman–Crippen LogP) is 2.55. The lowest BCUT2D eigenvalue weighted by Gasteiger charge is -2.26. The standard InChI is InChI=1S/C17H18N2O2/c1-12-15(16(20)13-8-4-2-5-9-13)17(21)19(18-12)14-10-6-3-7-11-14/h2-11,15-17,20-21H,1H3. The normalized spacial score (nSPS) is 23.0. The summed E-state index contributed by atoms with van der Waals surface area (Å²) in [6.07, 6.45) is -1.65. The Morgan fingerprint density at radius 3 is 2.19 bits per heavy atom. The zero-order valence-electron chi connectivity index (χ0n) is 11.8. The van der Waals surface area contributed by atoms with Crippen LogP contribution in [0.5, 0.6) is 0 Å². The molecule has 0 fully saturated rings. The number of hydrogen-bond donors (Lipinski definition) is 2. The minimum atomic E-state index is -0.873. The Morgan fingerprint density at radius 1 is 1.00 bits per heavy atom. The van der Waals surface area contributed by atoms with Gasteiger partial charge in [0.1, 0.15) is 0 Å².